The number of fused-ring (bicyclic) bond motifs is 1. The molecule has 0 atom stereocenters. The number of alkyl halides is 2. The van der Waals surface area contributed by atoms with Crippen molar-refractivity contribution >= 4 is 11.1 Å². The fraction of sp³-hybridized carbons (Fsp3) is 0.188. The predicted octanol–water partition coefficient (Wildman–Crippen LogP) is 3.25. The molecule has 0 fully saturated rings. The maximum absolute atomic E-state index is 12.3. The quantitative estimate of drug-likeness (QED) is 0.724. The number of methoxy groups -OCH3 is 1. The van der Waals surface area contributed by atoms with Gasteiger partial charge >= 0.3 is 12.4 Å². The number of oxazole rings is 1. The average Bonchev–Trinajstić information content (AvgIpc) is 2.84. The lowest BCUT2D eigenvalue weighted by atomic mass is 10.2. The summed E-state index contributed by atoms with van der Waals surface area (Å²) < 4.78 is 40.7. The molecule has 3 aromatic rings. The van der Waals surface area contributed by atoms with Crippen LogP contribution in [0.5, 0.6) is 11.5 Å². The summed E-state index contributed by atoms with van der Waals surface area (Å²) in [6.45, 7) is -2.71. The lowest BCUT2D eigenvalue weighted by molar-refractivity contribution is -0.0512. The standard InChI is InChI=1S/C16H13F2NO4/c1-21-14-8-10(6-7-13(14)22-15(17)18)9-19-11-4-2-3-5-12(11)23-16(19)20/h2-8,15H,9H2,1H3. The van der Waals surface area contributed by atoms with E-state index >= 15 is 0 Å². The molecule has 0 aliphatic heterocycles. The van der Waals surface area contributed by atoms with E-state index in [4.69, 9.17) is 9.15 Å². The maximum atomic E-state index is 12.3. The van der Waals surface area contributed by atoms with Crippen LogP contribution in [0.15, 0.2) is 51.7 Å². The molecule has 0 bridgehead atoms. The number of hydrogen-bond acceptors (Lipinski definition) is 4. The fourth-order valence-corrected chi connectivity index (χ4v) is 2.35. The summed E-state index contributed by atoms with van der Waals surface area (Å²) in [7, 11) is 1.36. The number of rotatable bonds is 5. The van der Waals surface area contributed by atoms with E-state index < -0.39 is 12.4 Å². The minimum Gasteiger partial charge on any atom is -0.493 e. The van der Waals surface area contributed by atoms with Gasteiger partial charge in [-0.15, -0.1) is 0 Å². The van der Waals surface area contributed by atoms with Crippen LogP contribution in [-0.2, 0) is 6.54 Å². The monoisotopic (exact) mass is 321 g/mol. The molecule has 120 valence electrons. The van der Waals surface area contributed by atoms with Crippen LogP contribution in [0.25, 0.3) is 11.1 Å². The van der Waals surface area contributed by atoms with Gasteiger partial charge < -0.3 is 13.9 Å². The van der Waals surface area contributed by atoms with Gasteiger partial charge in [0.25, 0.3) is 0 Å². The van der Waals surface area contributed by atoms with Gasteiger partial charge in [-0.05, 0) is 29.8 Å². The van der Waals surface area contributed by atoms with E-state index in [-0.39, 0.29) is 18.0 Å². The van der Waals surface area contributed by atoms with Crippen molar-refractivity contribution in [2.45, 2.75) is 13.2 Å². The second-order valence-corrected chi connectivity index (χ2v) is 4.79. The third-order valence-corrected chi connectivity index (χ3v) is 3.36. The summed E-state index contributed by atoms with van der Waals surface area (Å²) in [5.41, 5.74) is 1.84. The SMILES string of the molecule is COc1cc(Cn2c(=O)oc3ccccc32)ccc1OC(F)F. The molecular weight excluding hydrogens is 308 g/mol. The van der Waals surface area contributed by atoms with Gasteiger partial charge in [0.2, 0.25) is 0 Å². The Morgan fingerprint density at radius 2 is 1.96 bits per heavy atom. The molecule has 0 aliphatic carbocycles. The molecule has 5 nitrogen and oxygen atoms in total. The van der Waals surface area contributed by atoms with Gasteiger partial charge in [-0.25, -0.2) is 4.79 Å². The first-order valence-corrected chi connectivity index (χ1v) is 6.78. The molecule has 0 saturated heterocycles. The molecule has 0 amide bonds. The summed E-state index contributed by atoms with van der Waals surface area (Å²) in [5.74, 6) is -0.377. The highest BCUT2D eigenvalue weighted by Crippen LogP contribution is 2.30. The van der Waals surface area contributed by atoms with E-state index in [1.54, 1.807) is 36.4 Å². The van der Waals surface area contributed by atoms with Crippen LogP contribution in [0.3, 0.4) is 0 Å². The van der Waals surface area contributed by atoms with E-state index in [1.165, 1.54) is 17.7 Å². The normalized spacial score (nSPS) is 11.1. The zero-order valence-electron chi connectivity index (χ0n) is 12.2. The van der Waals surface area contributed by atoms with Gasteiger partial charge in [0.1, 0.15) is 0 Å². The first-order chi connectivity index (χ1) is 11.1. The number of hydrogen-bond donors (Lipinski definition) is 0. The molecular formula is C16H13F2NO4. The highest BCUT2D eigenvalue weighted by Gasteiger charge is 2.13. The van der Waals surface area contributed by atoms with Crippen molar-refractivity contribution in [2.24, 2.45) is 0 Å². The Balaban J connectivity index is 1.96. The van der Waals surface area contributed by atoms with Gasteiger partial charge in [0.15, 0.2) is 17.1 Å². The highest BCUT2D eigenvalue weighted by atomic mass is 19.3. The molecule has 2 aromatic carbocycles. The number of halogens is 2. The number of benzene rings is 2. The van der Waals surface area contributed by atoms with Crippen LogP contribution in [0.1, 0.15) is 5.56 Å². The van der Waals surface area contributed by atoms with E-state index in [1.807, 2.05) is 0 Å². The molecule has 0 saturated carbocycles. The van der Waals surface area contributed by atoms with Crippen molar-refractivity contribution in [3.63, 3.8) is 0 Å². The molecule has 0 unspecified atom stereocenters. The lowest BCUT2D eigenvalue weighted by Gasteiger charge is -2.11. The van der Waals surface area contributed by atoms with Crippen LogP contribution in [0, 0.1) is 0 Å². The van der Waals surface area contributed by atoms with Crippen molar-refractivity contribution in [3.05, 3.63) is 58.6 Å². The third kappa shape index (κ3) is 3.03. The Morgan fingerprint density at radius 1 is 1.17 bits per heavy atom. The van der Waals surface area contributed by atoms with Crippen molar-refractivity contribution < 1.29 is 22.7 Å². The first kappa shape index (κ1) is 15.1. The van der Waals surface area contributed by atoms with Gasteiger partial charge in [-0.1, -0.05) is 18.2 Å². The Labute approximate surface area is 129 Å². The molecule has 0 aliphatic rings. The van der Waals surface area contributed by atoms with Gasteiger partial charge in [0.05, 0.1) is 19.2 Å². The Morgan fingerprint density at radius 3 is 2.70 bits per heavy atom. The topological polar surface area (TPSA) is 53.6 Å². The van der Waals surface area contributed by atoms with Crippen LogP contribution >= 0.6 is 0 Å². The summed E-state index contributed by atoms with van der Waals surface area (Å²) in [4.78, 5) is 12.0. The van der Waals surface area contributed by atoms with Crippen LogP contribution in [-0.4, -0.2) is 18.3 Å². The average molecular weight is 321 g/mol. The van der Waals surface area contributed by atoms with Crippen LogP contribution in [0.4, 0.5) is 8.78 Å². The number of aromatic nitrogens is 1. The van der Waals surface area contributed by atoms with E-state index in [2.05, 4.69) is 4.74 Å². The lowest BCUT2D eigenvalue weighted by Crippen LogP contribution is -2.15. The minimum atomic E-state index is -2.94. The van der Waals surface area contributed by atoms with Crippen LogP contribution in [0.2, 0.25) is 0 Å². The van der Waals surface area contributed by atoms with E-state index in [9.17, 15) is 13.6 Å². The molecule has 23 heavy (non-hydrogen) atoms. The minimum absolute atomic E-state index is 0.0596. The number of para-hydroxylation sites is 2. The molecule has 0 N–H and O–H groups in total. The second kappa shape index (κ2) is 6.12. The molecule has 1 heterocycles. The molecule has 0 spiro atoms. The molecule has 3 rings (SSSR count). The predicted molar refractivity (Wildman–Crippen MR) is 79.2 cm³/mol. The molecule has 1 aromatic heterocycles. The van der Waals surface area contributed by atoms with Crippen LogP contribution < -0.4 is 15.2 Å². The highest BCUT2D eigenvalue weighted by molar-refractivity contribution is 5.72. The van der Waals surface area contributed by atoms with E-state index in [0.717, 1.165) is 0 Å². The van der Waals surface area contributed by atoms with Crippen molar-refractivity contribution in [1.29, 1.82) is 0 Å². The maximum Gasteiger partial charge on any atom is 0.420 e. The zero-order chi connectivity index (χ0) is 16.4. The summed E-state index contributed by atoms with van der Waals surface area (Å²) in [5, 5.41) is 0. The number of ether oxygens (including phenoxy) is 2. The summed E-state index contributed by atoms with van der Waals surface area (Å²) in [6.07, 6.45) is 0. The first-order valence-electron chi connectivity index (χ1n) is 6.78. The molecule has 0 radical (unpaired) electrons. The van der Waals surface area contributed by atoms with E-state index in [0.29, 0.717) is 16.7 Å². The van der Waals surface area contributed by atoms with Gasteiger partial charge in [0, 0.05) is 0 Å². The second-order valence-electron chi connectivity index (χ2n) is 4.79. The van der Waals surface area contributed by atoms with Crippen molar-refractivity contribution in [2.75, 3.05) is 7.11 Å². The summed E-state index contributed by atoms with van der Waals surface area (Å²) in [6, 6.07) is 11.6. The van der Waals surface area contributed by atoms with Crippen molar-refractivity contribution in [3.8, 4) is 11.5 Å². The Hall–Kier alpha value is -2.83. The smallest absolute Gasteiger partial charge is 0.420 e. The van der Waals surface area contributed by atoms with Gasteiger partial charge in [-0.3, -0.25) is 4.57 Å². The van der Waals surface area contributed by atoms with Crippen molar-refractivity contribution in [1.82, 2.24) is 4.57 Å². The Kier molecular flexibility index (Phi) is 4.01. The Bertz CT molecular complexity index is 885. The number of nitrogens with zero attached hydrogens (tertiary/aromatic N) is 1. The largest absolute Gasteiger partial charge is 0.493 e. The third-order valence-electron chi connectivity index (χ3n) is 3.36. The molecule has 7 heteroatoms. The zero-order valence-corrected chi connectivity index (χ0v) is 12.2. The van der Waals surface area contributed by atoms with Gasteiger partial charge in [-0.2, -0.15) is 8.78 Å². The summed E-state index contributed by atoms with van der Waals surface area (Å²) >= 11 is 0. The fourth-order valence-electron chi connectivity index (χ4n) is 2.35.